The lowest BCUT2D eigenvalue weighted by Gasteiger charge is -2.18. The van der Waals surface area contributed by atoms with Crippen LogP contribution in [0.4, 0.5) is 0 Å². The van der Waals surface area contributed by atoms with Crippen LogP contribution in [0.3, 0.4) is 0 Å². The molecule has 1 aromatic rings. The molecule has 5 nitrogen and oxygen atoms in total. The standard InChI is InChI=1S/C17H26N2O3/c1-4-22-17(21)16-12(2)15(13(3)18-16)14(20)11-19-9-7-5-6-8-10-19/h18H,4-11H2,1-3H3. The van der Waals surface area contributed by atoms with Crippen molar-refractivity contribution >= 4 is 11.8 Å². The Bertz CT molecular complexity index is 540. The van der Waals surface area contributed by atoms with Crippen LogP contribution in [0.5, 0.6) is 0 Å². The minimum atomic E-state index is -0.392. The molecule has 2 rings (SSSR count). The molecule has 1 N–H and O–H groups in total. The summed E-state index contributed by atoms with van der Waals surface area (Å²) < 4.78 is 5.03. The number of hydrogen-bond acceptors (Lipinski definition) is 4. The zero-order valence-corrected chi connectivity index (χ0v) is 13.8. The Morgan fingerprint density at radius 1 is 1.14 bits per heavy atom. The molecule has 1 fully saturated rings. The summed E-state index contributed by atoms with van der Waals surface area (Å²) in [4.78, 5) is 29.8. The molecule has 1 aliphatic rings. The number of hydrogen-bond donors (Lipinski definition) is 1. The van der Waals surface area contributed by atoms with E-state index in [9.17, 15) is 9.59 Å². The van der Waals surface area contributed by atoms with Crippen LogP contribution >= 0.6 is 0 Å². The smallest absolute Gasteiger partial charge is 0.355 e. The second kappa shape index (κ2) is 7.58. The lowest BCUT2D eigenvalue weighted by Crippen LogP contribution is -2.31. The van der Waals surface area contributed by atoms with Crippen molar-refractivity contribution in [2.45, 2.75) is 46.5 Å². The third-order valence-corrected chi connectivity index (χ3v) is 4.26. The number of likely N-dealkylation sites (tertiary alicyclic amines) is 1. The van der Waals surface area contributed by atoms with Crippen molar-refractivity contribution in [3.63, 3.8) is 0 Å². The van der Waals surface area contributed by atoms with Gasteiger partial charge in [0.25, 0.3) is 0 Å². The van der Waals surface area contributed by atoms with Gasteiger partial charge in [-0.3, -0.25) is 9.69 Å². The monoisotopic (exact) mass is 306 g/mol. The van der Waals surface area contributed by atoms with Gasteiger partial charge in [-0.25, -0.2) is 4.79 Å². The van der Waals surface area contributed by atoms with Gasteiger partial charge in [0.15, 0.2) is 5.78 Å². The van der Waals surface area contributed by atoms with E-state index in [0.717, 1.165) is 31.6 Å². The summed E-state index contributed by atoms with van der Waals surface area (Å²) in [6, 6.07) is 0. The molecule has 2 heterocycles. The first-order valence-electron chi connectivity index (χ1n) is 8.16. The first-order chi connectivity index (χ1) is 10.5. The Morgan fingerprint density at radius 3 is 2.36 bits per heavy atom. The number of nitrogens with one attached hydrogen (secondary N) is 1. The average molecular weight is 306 g/mol. The predicted octanol–water partition coefficient (Wildman–Crippen LogP) is 2.87. The highest BCUT2D eigenvalue weighted by Gasteiger charge is 2.24. The second-order valence-electron chi connectivity index (χ2n) is 5.96. The van der Waals surface area contributed by atoms with Gasteiger partial charge in [-0.2, -0.15) is 0 Å². The fourth-order valence-corrected chi connectivity index (χ4v) is 3.15. The molecule has 5 heteroatoms. The van der Waals surface area contributed by atoms with Gasteiger partial charge < -0.3 is 9.72 Å². The highest BCUT2D eigenvalue weighted by Crippen LogP contribution is 2.20. The molecular formula is C17H26N2O3. The third-order valence-electron chi connectivity index (χ3n) is 4.26. The number of esters is 1. The Hall–Kier alpha value is -1.62. The number of carbonyl (C=O) groups is 2. The fraction of sp³-hybridized carbons (Fsp3) is 0.647. The van der Waals surface area contributed by atoms with Crippen molar-refractivity contribution in [1.29, 1.82) is 0 Å². The maximum atomic E-state index is 12.6. The normalized spacial score (nSPS) is 16.3. The molecule has 0 aromatic carbocycles. The van der Waals surface area contributed by atoms with Gasteiger partial charge in [0.1, 0.15) is 5.69 Å². The van der Waals surface area contributed by atoms with Gasteiger partial charge in [-0.1, -0.05) is 12.8 Å². The first kappa shape index (κ1) is 16.7. The summed E-state index contributed by atoms with van der Waals surface area (Å²) in [6.45, 7) is 8.15. The summed E-state index contributed by atoms with van der Waals surface area (Å²) >= 11 is 0. The van der Waals surface area contributed by atoms with Crippen LogP contribution in [0.2, 0.25) is 0 Å². The molecule has 0 atom stereocenters. The highest BCUT2D eigenvalue weighted by molar-refractivity contribution is 6.03. The van der Waals surface area contributed by atoms with E-state index in [1.165, 1.54) is 12.8 Å². The SMILES string of the molecule is CCOC(=O)c1[nH]c(C)c(C(=O)CN2CCCCCC2)c1C. The quantitative estimate of drug-likeness (QED) is 0.671. The summed E-state index contributed by atoms with van der Waals surface area (Å²) in [5, 5.41) is 0. The minimum Gasteiger partial charge on any atom is -0.461 e. The number of aromatic amines is 1. The number of rotatable bonds is 5. The summed E-state index contributed by atoms with van der Waals surface area (Å²) in [6.07, 6.45) is 4.82. The molecule has 1 aliphatic heterocycles. The first-order valence-corrected chi connectivity index (χ1v) is 8.16. The van der Waals surface area contributed by atoms with Gasteiger partial charge in [-0.05, 0) is 52.3 Å². The van der Waals surface area contributed by atoms with Crippen molar-refractivity contribution in [2.75, 3.05) is 26.2 Å². The number of ketones is 1. The molecule has 22 heavy (non-hydrogen) atoms. The van der Waals surface area contributed by atoms with Crippen molar-refractivity contribution in [2.24, 2.45) is 0 Å². The molecule has 0 radical (unpaired) electrons. The zero-order valence-electron chi connectivity index (χ0n) is 13.8. The molecule has 122 valence electrons. The number of carbonyl (C=O) groups excluding carboxylic acids is 2. The average Bonchev–Trinajstić information content (AvgIpc) is 2.65. The molecule has 0 amide bonds. The van der Waals surface area contributed by atoms with E-state index in [-0.39, 0.29) is 5.78 Å². The number of nitrogens with zero attached hydrogens (tertiary/aromatic N) is 1. The molecule has 0 unspecified atom stereocenters. The van der Waals surface area contributed by atoms with Crippen molar-refractivity contribution in [3.8, 4) is 0 Å². The second-order valence-corrected chi connectivity index (χ2v) is 5.96. The van der Waals surface area contributed by atoms with Crippen LogP contribution in [0.25, 0.3) is 0 Å². The lowest BCUT2D eigenvalue weighted by molar-refractivity contribution is 0.0519. The molecule has 1 saturated heterocycles. The number of ether oxygens (including phenoxy) is 1. The van der Waals surface area contributed by atoms with E-state index >= 15 is 0 Å². The van der Waals surface area contributed by atoms with E-state index in [2.05, 4.69) is 9.88 Å². The van der Waals surface area contributed by atoms with Crippen molar-refractivity contribution < 1.29 is 14.3 Å². The Balaban J connectivity index is 2.13. The van der Waals surface area contributed by atoms with E-state index in [1.807, 2.05) is 13.8 Å². The molecular weight excluding hydrogens is 280 g/mol. The Labute approximate surface area is 132 Å². The zero-order chi connectivity index (χ0) is 16.1. The summed E-state index contributed by atoms with van der Waals surface area (Å²) in [7, 11) is 0. The molecule has 1 aromatic heterocycles. The maximum absolute atomic E-state index is 12.6. The topological polar surface area (TPSA) is 62.4 Å². The van der Waals surface area contributed by atoms with Crippen LogP contribution in [-0.4, -0.2) is 47.9 Å². The van der Waals surface area contributed by atoms with Gasteiger partial charge >= 0.3 is 5.97 Å². The summed E-state index contributed by atoms with van der Waals surface area (Å²) in [5.74, 6) is -0.305. The predicted molar refractivity (Wildman–Crippen MR) is 85.5 cm³/mol. The number of Topliss-reactive ketones (excluding diaryl/α,β-unsaturated/α-hetero) is 1. The number of aryl methyl sites for hydroxylation is 1. The third kappa shape index (κ3) is 3.77. The van der Waals surface area contributed by atoms with Gasteiger partial charge in [0.05, 0.1) is 13.2 Å². The van der Waals surface area contributed by atoms with Gasteiger partial charge in [0, 0.05) is 11.3 Å². The van der Waals surface area contributed by atoms with Crippen LogP contribution in [0.1, 0.15) is 64.7 Å². The molecule has 0 bridgehead atoms. The van der Waals surface area contributed by atoms with Crippen LogP contribution < -0.4 is 0 Å². The van der Waals surface area contributed by atoms with E-state index in [4.69, 9.17) is 4.74 Å². The number of aromatic nitrogens is 1. The minimum absolute atomic E-state index is 0.0868. The van der Waals surface area contributed by atoms with E-state index in [0.29, 0.717) is 30.0 Å². The number of H-pyrrole nitrogens is 1. The highest BCUT2D eigenvalue weighted by atomic mass is 16.5. The Kier molecular flexibility index (Phi) is 5.77. The largest absolute Gasteiger partial charge is 0.461 e. The van der Waals surface area contributed by atoms with E-state index in [1.54, 1.807) is 6.92 Å². The van der Waals surface area contributed by atoms with Crippen LogP contribution in [0.15, 0.2) is 0 Å². The van der Waals surface area contributed by atoms with Crippen molar-refractivity contribution in [1.82, 2.24) is 9.88 Å². The summed E-state index contributed by atoms with van der Waals surface area (Å²) in [5.41, 5.74) is 2.50. The molecule has 0 saturated carbocycles. The Morgan fingerprint density at radius 2 is 1.77 bits per heavy atom. The molecule has 0 aliphatic carbocycles. The van der Waals surface area contributed by atoms with E-state index < -0.39 is 5.97 Å². The lowest BCUT2D eigenvalue weighted by atomic mass is 10.1. The van der Waals surface area contributed by atoms with Crippen molar-refractivity contribution in [3.05, 3.63) is 22.5 Å². The van der Waals surface area contributed by atoms with Crippen LogP contribution in [-0.2, 0) is 4.74 Å². The molecule has 0 spiro atoms. The fourth-order valence-electron chi connectivity index (χ4n) is 3.15. The van der Waals surface area contributed by atoms with Gasteiger partial charge in [-0.15, -0.1) is 0 Å². The maximum Gasteiger partial charge on any atom is 0.355 e. The van der Waals surface area contributed by atoms with Crippen LogP contribution in [0, 0.1) is 13.8 Å². The van der Waals surface area contributed by atoms with Gasteiger partial charge in [0.2, 0.25) is 0 Å².